The van der Waals surface area contributed by atoms with Crippen molar-refractivity contribution in [3.05, 3.63) is 64.9 Å². The zero-order chi connectivity index (χ0) is 22.7. The minimum atomic E-state index is -0.842. The smallest absolute Gasteiger partial charge is 0.290 e. The molecule has 2 amide bonds. The molecule has 0 bridgehead atoms. The lowest BCUT2D eigenvalue weighted by molar-refractivity contribution is -0.130. The minimum absolute atomic E-state index is 0.0384. The van der Waals surface area contributed by atoms with E-state index >= 15 is 0 Å². The van der Waals surface area contributed by atoms with Gasteiger partial charge in [-0.15, -0.1) is 0 Å². The Morgan fingerprint density at radius 2 is 1.97 bits per heavy atom. The Hall–Kier alpha value is -3.72. The van der Waals surface area contributed by atoms with E-state index in [1.807, 2.05) is 12.1 Å². The van der Waals surface area contributed by atoms with Crippen molar-refractivity contribution in [2.45, 2.75) is 12.6 Å². The normalized spacial score (nSPS) is 17.1. The van der Waals surface area contributed by atoms with E-state index in [-0.39, 0.29) is 32.1 Å². The molecule has 2 aromatic rings. The molecule has 2 aliphatic heterocycles. The molecule has 2 N–H and O–H groups in total. The SMILES string of the molecule is COCCN1C(=O)C(O)=C(C(=O)NCc2ccc(OC)cc2)C1c1cccc2c1OCO2. The molecule has 1 atom stereocenters. The number of carbonyl (C=O) groups excluding carboxylic acids is 2. The molecular formula is C23H24N2O7. The fraction of sp³-hybridized carbons (Fsp3) is 0.304. The van der Waals surface area contributed by atoms with Crippen molar-refractivity contribution in [2.75, 3.05) is 34.2 Å². The zero-order valence-electron chi connectivity index (χ0n) is 17.8. The molecule has 168 valence electrons. The fourth-order valence-electron chi connectivity index (χ4n) is 3.82. The summed E-state index contributed by atoms with van der Waals surface area (Å²) in [5.41, 5.74) is 1.36. The van der Waals surface area contributed by atoms with Crippen LogP contribution in [0, 0.1) is 0 Å². The van der Waals surface area contributed by atoms with Gasteiger partial charge < -0.3 is 34.3 Å². The number of hydrogen-bond donors (Lipinski definition) is 2. The summed E-state index contributed by atoms with van der Waals surface area (Å²) in [6.45, 7) is 0.678. The van der Waals surface area contributed by atoms with Gasteiger partial charge in [0.25, 0.3) is 11.8 Å². The number of para-hydroxylation sites is 1. The van der Waals surface area contributed by atoms with Gasteiger partial charge in [-0.3, -0.25) is 9.59 Å². The number of rotatable bonds is 8. The number of aliphatic hydroxyl groups is 1. The second-order valence-corrected chi connectivity index (χ2v) is 7.27. The van der Waals surface area contributed by atoms with Crippen LogP contribution in [0.4, 0.5) is 0 Å². The highest BCUT2D eigenvalue weighted by molar-refractivity contribution is 6.08. The third-order valence-electron chi connectivity index (χ3n) is 5.42. The van der Waals surface area contributed by atoms with Gasteiger partial charge in [-0.1, -0.05) is 24.3 Å². The van der Waals surface area contributed by atoms with Crippen LogP contribution < -0.4 is 19.5 Å². The molecule has 0 aromatic heterocycles. The quantitative estimate of drug-likeness (QED) is 0.647. The second kappa shape index (κ2) is 9.19. The second-order valence-electron chi connectivity index (χ2n) is 7.27. The first kappa shape index (κ1) is 21.5. The van der Waals surface area contributed by atoms with Gasteiger partial charge >= 0.3 is 0 Å². The predicted molar refractivity (Wildman–Crippen MR) is 113 cm³/mol. The molecule has 32 heavy (non-hydrogen) atoms. The number of methoxy groups -OCH3 is 2. The number of fused-ring (bicyclic) bond motifs is 1. The Morgan fingerprint density at radius 3 is 2.69 bits per heavy atom. The van der Waals surface area contributed by atoms with E-state index in [1.54, 1.807) is 37.4 Å². The van der Waals surface area contributed by atoms with Crippen molar-refractivity contribution in [3.63, 3.8) is 0 Å². The maximum absolute atomic E-state index is 13.2. The number of amides is 2. The highest BCUT2D eigenvalue weighted by Crippen LogP contribution is 2.45. The Balaban J connectivity index is 1.63. The van der Waals surface area contributed by atoms with Crippen LogP contribution in [0.15, 0.2) is 53.8 Å². The molecule has 1 unspecified atom stereocenters. The van der Waals surface area contributed by atoms with E-state index in [0.717, 1.165) is 5.56 Å². The summed E-state index contributed by atoms with van der Waals surface area (Å²) in [5, 5.41) is 13.4. The number of benzene rings is 2. The first-order chi connectivity index (χ1) is 15.5. The lowest BCUT2D eigenvalue weighted by Crippen LogP contribution is -2.35. The van der Waals surface area contributed by atoms with E-state index in [9.17, 15) is 14.7 Å². The molecule has 9 heteroatoms. The van der Waals surface area contributed by atoms with Crippen LogP contribution >= 0.6 is 0 Å². The molecule has 0 radical (unpaired) electrons. The molecule has 2 aromatic carbocycles. The average molecular weight is 440 g/mol. The Labute approximate surface area is 185 Å². The first-order valence-electron chi connectivity index (χ1n) is 10.1. The van der Waals surface area contributed by atoms with Gasteiger partial charge in [0, 0.05) is 25.8 Å². The predicted octanol–water partition coefficient (Wildman–Crippen LogP) is 2.08. The lowest BCUT2D eigenvalue weighted by atomic mass is 9.97. The summed E-state index contributed by atoms with van der Waals surface area (Å²) >= 11 is 0. The maximum Gasteiger partial charge on any atom is 0.290 e. The summed E-state index contributed by atoms with van der Waals surface area (Å²) in [5.74, 6) is -0.106. The summed E-state index contributed by atoms with van der Waals surface area (Å²) in [6.07, 6.45) is 0. The number of aliphatic hydroxyl groups excluding tert-OH is 1. The van der Waals surface area contributed by atoms with Crippen molar-refractivity contribution in [2.24, 2.45) is 0 Å². The third kappa shape index (κ3) is 3.94. The number of nitrogens with one attached hydrogen (secondary N) is 1. The Kier molecular flexibility index (Phi) is 6.18. The van der Waals surface area contributed by atoms with Crippen LogP contribution in [0.1, 0.15) is 17.2 Å². The third-order valence-corrected chi connectivity index (χ3v) is 5.42. The van der Waals surface area contributed by atoms with Gasteiger partial charge in [0.1, 0.15) is 5.75 Å². The van der Waals surface area contributed by atoms with Gasteiger partial charge in [0.05, 0.1) is 25.3 Å². The number of ether oxygens (including phenoxy) is 4. The molecule has 2 aliphatic rings. The van der Waals surface area contributed by atoms with Crippen LogP contribution in [0.5, 0.6) is 17.2 Å². The van der Waals surface area contributed by atoms with Crippen molar-refractivity contribution in [3.8, 4) is 17.2 Å². The van der Waals surface area contributed by atoms with Gasteiger partial charge in [0.15, 0.2) is 17.3 Å². The van der Waals surface area contributed by atoms with Crippen molar-refractivity contribution in [1.29, 1.82) is 0 Å². The monoisotopic (exact) mass is 440 g/mol. The molecular weight excluding hydrogens is 416 g/mol. The zero-order valence-corrected chi connectivity index (χ0v) is 17.8. The molecule has 0 spiro atoms. The van der Waals surface area contributed by atoms with Crippen LogP contribution in [-0.2, 0) is 20.9 Å². The lowest BCUT2D eigenvalue weighted by Gasteiger charge is -2.27. The van der Waals surface area contributed by atoms with Crippen LogP contribution in [0.3, 0.4) is 0 Å². The van der Waals surface area contributed by atoms with Gasteiger partial charge in [-0.05, 0) is 23.8 Å². The molecule has 0 aliphatic carbocycles. The van der Waals surface area contributed by atoms with Crippen LogP contribution in [0.25, 0.3) is 0 Å². The van der Waals surface area contributed by atoms with E-state index in [4.69, 9.17) is 18.9 Å². The molecule has 4 rings (SSSR count). The van der Waals surface area contributed by atoms with Gasteiger partial charge in [-0.2, -0.15) is 0 Å². The van der Waals surface area contributed by atoms with Crippen LogP contribution in [0.2, 0.25) is 0 Å². The summed E-state index contributed by atoms with van der Waals surface area (Å²) in [4.78, 5) is 27.4. The Morgan fingerprint density at radius 1 is 1.19 bits per heavy atom. The van der Waals surface area contributed by atoms with Crippen LogP contribution in [-0.4, -0.2) is 56.0 Å². The van der Waals surface area contributed by atoms with E-state index in [2.05, 4.69) is 5.32 Å². The topological polar surface area (TPSA) is 107 Å². The fourth-order valence-corrected chi connectivity index (χ4v) is 3.82. The van der Waals surface area contributed by atoms with Crippen molar-refractivity contribution >= 4 is 11.8 Å². The molecule has 0 saturated carbocycles. The average Bonchev–Trinajstić information content (AvgIpc) is 3.39. The van der Waals surface area contributed by atoms with E-state index in [1.165, 1.54) is 12.0 Å². The Bertz CT molecular complexity index is 1050. The van der Waals surface area contributed by atoms with E-state index < -0.39 is 23.6 Å². The summed E-state index contributed by atoms with van der Waals surface area (Å²) in [6, 6.07) is 11.6. The summed E-state index contributed by atoms with van der Waals surface area (Å²) < 4.78 is 21.3. The standard InChI is InChI=1S/C23H24N2O7/c1-29-11-10-25-19(16-4-3-5-17-21(16)32-13-31-17)18(20(26)23(25)28)22(27)24-12-14-6-8-15(30-2)9-7-14/h3-9,19,26H,10-13H2,1-2H3,(H,24,27). The molecule has 2 heterocycles. The van der Waals surface area contributed by atoms with Crippen molar-refractivity contribution in [1.82, 2.24) is 10.2 Å². The molecule has 9 nitrogen and oxygen atoms in total. The first-order valence-corrected chi connectivity index (χ1v) is 10.1. The van der Waals surface area contributed by atoms with E-state index in [0.29, 0.717) is 22.8 Å². The summed E-state index contributed by atoms with van der Waals surface area (Å²) in [7, 11) is 3.09. The number of hydrogen-bond acceptors (Lipinski definition) is 7. The van der Waals surface area contributed by atoms with Gasteiger partial charge in [-0.25, -0.2) is 0 Å². The number of nitrogens with zero attached hydrogens (tertiary/aromatic N) is 1. The highest BCUT2D eigenvalue weighted by atomic mass is 16.7. The number of carbonyl (C=O) groups is 2. The maximum atomic E-state index is 13.2. The highest BCUT2D eigenvalue weighted by Gasteiger charge is 2.45. The molecule has 0 saturated heterocycles. The minimum Gasteiger partial charge on any atom is -0.503 e. The largest absolute Gasteiger partial charge is 0.503 e. The van der Waals surface area contributed by atoms with Crippen molar-refractivity contribution < 1.29 is 33.6 Å². The molecule has 0 fully saturated rings. The van der Waals surface area contributed by atoms with Gasteiger partial charge in [0.2, 0.25) is 6.79 Å².